The first-order valence-electron chi connectivity index (χ1n) is 8.59. The summed E-state index contributed by atoms with van der Waals surface area (Å²) in [6.07, 6.45) is 4.78. The zero-order valence-electron chi connectivity index (χ0n) is 14.7. The van der Waals surface area contributed by atoms with Gasteiger partial charge in [0.2, 0.25) is 0 Å². The third kappa shape index (κ3) is 3.73. The molecule has 0 N–H and O–H groups in total. The molecule has 5 heteroatoms. The summed E-state index contributed by atoms with van der Waals surface area (Å²) in [6, 6.07) is 8.30. The molecule has 1 unspecified atom stereocenters. The largest absolute Gasteiger partial charge is 0.497 e. The molecule has 2 aromatic rings. The predicted molar refractivity (Wildman–Crippen MR) is 92.4 cm³/mol. The van der Waals surface area contributed by atoms with Crippen LogP contribution in [0.25, 0.3) is 0 Å². The van der Waals surface area contributed by atoms with Gasteiger partial charge in [-0.05, 0) is 44.5 Å². The Morgan fingerprint density at radius 3 is 2.75 bits per heavy atom. The van der Waals surface area contributed by atoms with Crippen molar-refractivity contribution in [1.82, 2.24) is 10.1 Å². The van der Waals surface area contributed by atoms with Gasteiger partial charge in [0.25, 0.3) is 0 Å². The predicted octanol–water partition coefficient (Wildman–Crippen LogP) is 4.12. The maximum absolute atomic E-state index is 5.58. The Balaban J connectivity index is 1.87. The Bertz CT molecular complexity index is 668. The molecule has 0 radical (unpaired) electrons. The summed E-state index contributed by atoms with van der Waals surface area (Å²) in [6.45, 7) is 3.83. The van der Waals surface area contributed by atoms with Crippen molar-refractivity contribution in [3.05, 3.63) is 41.3 Å². The highest BCUT2D eigenvalue weighted by Crippen LogP contribution is 2.34. The van der Waals surface area contributed by atoms with E-state index >= 15 is 0 Å². The van der Waals surface area contributed by atoms with Crippen LogP contribution in [0.1, 0.15) is 48.7 Å². The third-order valence-electron chi connectivity index (χ3n) is 4.70. The van der Waals surface area contributed by atoms with Gasteiger partial charge in [0, 0.05) is 18.2 Å². The molecule has 1 atom stereocenters. The van der Waals surface area contributed by atoms with Crippen molar-refractivity contribution < 1.29 is 14.0 Å². The van der Waals surface area contributed by atoms with Crippen LogP contribution in [0.3, 0.4) is 0 Å². The Labute approximate surface area is 143 Å². The van der Waals surface area contributed by atoms with E-state index in [1.807, 2.05) is 19.1 Å². The van der Waals surface area contributed by atoms with E-state index in [1.54, 1.807) is 14.2 Å². The maximum Gasteiger partial charge on any atom is 0.154 e. The maximum atomic E-state index is 5.58. The number of hydrogen-bond acceptors (Lipinski definition) is 5. The van der Waals surface area contributed by atoms with Crippen molar-refractivity contribution in [2.75, 3.05) is 20.8 Å². The minimum Gasteiger partial charge on any atom is -0.497 e. The van der Waals surface area contributed by atoms with Gasteiger partial charge in [0.1, 0.15) is 11.5 Å². The highest BCUT2D eigenvalue weighted by Gasteiger charge is 2.26. The molecule has 1 aromatic carbocycles. The molecule has 2 heterocycles. The first-order chi connectivity index (χ1) is 11.7. The summed E-state index contributed by atoms with van der Waals surface area (Å²) >= 11 is 0. The van der Waals surface area contributed by atoms with Crippen LogP contribution in [0, 0.1) is 6.92 Å². The minimum atomic E-state index is 0.268. The van der Waals surface area contributed by atoms with E-state index in [9.17, 15) is 0 Å². The van der Waals surface area contributed by atoms with Crippen molar-refractivity contribution in [1.29, 1.82) is 0 Å². The van der Waals surface area contributed by atoms with Crippen LogP contribution in [-0.4, -0.2) is 30.8 Å². The van der Waals surface area contributed by atoms with Crippen molar-refractivity contribution in [2.24, 2.45) is 0 Å². The van der Waals surface area contributed by atoms with Gasteiger partial charge < -0.3 is 14.0 Å². The molecule has 1 aliphatic heterocycles. The van der Waals surface area contributed by atoms with Gasteiger partial charge in [-0.25, -0.2) is 0 Å². The summed E-state index contributed by atoms with van der Waals surface area (Å²) in [5, 5.41) is 4.08. The number of likely N-dealkylation sites (tertiary alicyclic amines) is 1. The molecule has 1 aromatic heterocycles. The van der Waals surface area contributed by atoms with Crippen molar-refractivity contribution >= 4 is 0 Å². The number of nitrogens with zero attached hydrogens (tertiary/aromatic N) is 2. The van der Waals surface area contributed by atoms with E-state index < -0.39 is 0 Å². The molecule has 0 amide bonds. The summed E-state index contributed by atoms with van der Waals surface area (Å²) < 4.78 is 16.5. The lowest BCUT2D eigenvalue weighted by Gasteiger charge is -2.28. The Morgan fingerprint density at radius 2 is 2.04 bits per heavy atom. The fourth-order valence-electron chi connectivity index (χ4n) is 3.44. The number of ether oxygens (including phenoxy) is 2. The van der Waals surface area contributed by atoms with Crippen LogP contribution in [0.2, 0.25) is 0 Å². The van der Waals surface area contributed by atoms with Crippen molar-refractivity contribution in [3.8, 4) is 11.5 Å². The van der Waals surface area contributed by atoms with Crippen molar-refractivity contribution in [3.63, 3.8) is 0 Å². The summed E-state index contributed by atoms with van der Waals surface area (Å²) in [4.78, 5) is 2.48. The monoisotopic (exact) mass is 330 g/mol. The van der Waals surface area contributed by atoms with E-state index in [1.165, 1.54) is 19.3 Å². The fraction of sp³-hybridized carbons (Fsp3) is 0.526. The van der Waals surface area contributed by atoms with Gasteiger partial charge in [-0.1, -0.05) is 18.0 Å². The van der Waals surface area contributed by atoms with Gasteiger partial charge in [0.15, 0.2) is 5.76 Å². The second kappa shape index (κ2) is 7.71. The second-order valence-electron chi connectivity index (χ2n) is 6.38. The lowest BCUT2D eigenvalue weighted by Crippen LogP contribution is -2.28. The van der Waals surface area contributed by atoms with Crippen LogP contribution in [0.15, 0.2) is 28.8 Å². The number of aryl methyl sites for hydroxylation is 1. The van der Waals surface area contributed by atoms with Crippen LogP contribution in [0.4, 0.5) is 0 Å². The average Bonchev–Trinajstić information content (AvgIpc) is 2.89. The number of benzene rings is 1. The fourth-order valence-corrected chi connectivity index (χ4v) is 3.44. The van der Waals surface area contributed by atoms with Gasteiger partial charge in [0.05, 0.1) is 26.0 Å². The Hall–Kier alpha value is -2.01. The molecule has 5 nitrogen and oxygen atoms in total. The smallest absolute Gasteiger partial charge is 0.154 e. The minimum absolute atomic E-state index is 0.268. The molecule has 0 bridgehead atoms. The standard InChI is InChI=1S/C19H26N2O3/c1-14-11-19(24-20-14)17-7-5-4-6-10-21(17)13-15-12-16(22-2)8-9-18(15)23-3/h8-9,11-12,17H,4-7,10,13H2,1-3H3. The highest BCUT2D eigenvalue weighted by molar-refractivity contribution is 5.40. The van der Waals surface area contributed by atoms with Gasteiger partial charge in [-0.2, -0.15) is 0 Å². The molecule has 0 spiro atoms. The number of aromatic nitrogens is 1. The number of hydrogen-bond donors (Lipinski definition) is 0. The molecular formula is C19H26N2O3. The molecule has 1 saturated heterocycles. The molecule has 1 fully saturated rings. The van der Waals surface area contributed by atoms with E-state index in [4.69, 9.17) is 14.0 Å². The second-order valence-corrected chi connectivity index (χ2v) is 6.38. The molecular weight excluding hydrogens is 304 g/mol. The molecule has 1 aliphatic rings. The SMILES string of the molecule is COc1ccc(OC)c(CN2CCCCCC2c2cc(C)no2)c1. The molecule has 0 saturated carbocycles. The molecule has 130 valence electrons. The lowest BCUT2D eigenvalue weighted by molar-refractivity contribution is 0.158. The van der Waals surface area contributed by atoms with E-state index in [-0.39, 0.29) is 6.04 Å². The molecule has 3 rings (SSSR count). The summed E-state index contributed by atoms with van der Waals surface area (Å²) in [5.41, 5.74) is 2.08. The van der Waals surface area contributed by atoms with Crippen LogP contribution in [0.5, 0.6) is 11.5 Å². The van der Waals surface area contributed by atoms with Gasteiger partial charge >= 0.3 is 0 Å². The first kappa shape index (κ1) is 16.8. The average molecular weight is 330 g/mol. The number of rotatable bonds is 5. The molecule has 0 aliphatic carbocycles. The van der Waals surface area contributed by atoms with Crippen LogP contribution >= 0.6 is 0 Å². The zero-order valence-corrected chi connectivity index (χ0v) is 14.7. The van der Waals surface area contributed by atoms with E-state index in [0.717, 1.165) is 48.0 Å². The van der Waals surface area contributed by atoms with Crippen LogP contribution < -0.4 is 9.47 Å². The molecule has 24 heavy (non-hydrogen) atoms. The van der Waals surface area contributed by atoms with E-state index in [2.05, 4.69) is 22.2 Å². The van der Waals surface area contributed by atoms with Crippen LogP contribution in [-0.2, 0) is 6.54 Å². The van der Waals surface area contributed by atoms with Gasteiger partial charge in [-0.15, -0.1) is 0 Å². The highest BCUT2D eigenvalue weighted by atomic mass is 16.5. The van der Waals surface area contributed by atoms with E-state index in [0.29, 0.717) is 0 Å². The third-order valence-corrected chi connectivity index (χ3v) is 4.70. The first-order valence-corrected chi connectivity index (χ1v) is 8.59. The Kier molecular flexibility index (Phi) is 5.41. The summed E-state index contributed by atoms with van der Waals surface area (Å²) in [5.74, 6) is 2.72. The lowest BCUT2D eigenvalue weighted by atomic mass is 10.1. The number of methoxy groups -OCH3 is 2. The Morgan fingerprint density at radius 1 is 1.17 bits per heavy atom. The van der Waals surface area contributed by atoms with Gasteiger partial charge in [-0.3, -0.25) is 4.90 Å². The quantitative estimate of drug-likeness (QED) is 0.825. The zero-order chi connectivity index (χ0) is 16.9. The topological polar surface area (TPSA) is 47.7 Å². The van der Waals surface area contributed by atoms with Crippen molar-refractivity contribution in [2.45, 2.75) is 45.2 Å². The summed E-state index contributed by atoms with van der Waals surface area (Å²) in [7, 11) is 3.41. The normalized spacial score (nSPS) is 19.0.